The summed E-state index contributed by atoms with van der Waals surface area (Å²) in [6, 6.07) is 23.3. The van der Waals surface area contributed by atoms with Gasteiger partial charge in [0.2, 0.25) is 21.8 Å². The normalized spacial score (nSPS) is 14.2. The number of sulfonamides is 1. The Balaban J connectivity index is 1.59. The van der Waals surface area contributed by atoms with Gasteiger partial charge in [-0.1, -0.05) is 79.0 Å². The Labute approximate surface area is 266 Å². The lowest BCUT2D eigenvalue weighted by molar-refractivity contribution is -0.141. The van der Waals surface area contributed by atoms with Crippen molar-refractivity contribution in [3.05, 3.63) is 95.0 Å². The average molecular weight is 640 g/mol. The van der Waals surface area contributed by atoms with E-state index in [9.17, 15) is 18.0 Å². The summed E-state index contributed by atoms with van der Waals surface area (Å²) in [6.45, 7) is 2.53. The zero-order valence-electron chi connectivity index (χ0n) is 25.5. The van der Waals surface area contributed by atoms with Crippen molar-refractivity contribution in [3.8, 4) is 5.75 Å². The van der Waals surface area contributed by atoms with Gasteiger partial charge in [0.15, 0.2) is 0 Å². The van der Waals surface area contributed by atoms with Gasteiger partial charge < -0.3 is 15.0 Å². The SMILES string of the molecule is CCOc1ccccc1N(CCCC(=O)N(Cc1ccc(Cl)cc1)C(Cc1ccccc1)C(=O)NC1CCCC1)S(C)(=O)=O. The predicted octanol–water partition coefficient (Wildman–Crippen LogP) is 5.98. The first-order chi connectivity index (χ1) is 21.2. The zero-order valence-corrected chi connectivity index (χ0v) is 27.0. The van der Waals surface area contributed by atoms with Gasteiger partial charge in [-0.2, -0.15) is 0 Å². The second-order valence-electron chi connectivity index (χ2n) is 11.2. The fourth-order valence-corrected chi connectivity index (χ4v) is 6.73. The third-order valence-electron chi connectivity index (χ3n) is 7.82. The largest absolute Gasteiger partial charge is 0.492 e. The zero-order chi connectivity index (χ0) is 31.5. The molecule has 8 nitrogen and oxygen atoms in total. The first-order valence-corrected chi connectivity index (χ1v) is 17.5. The van der Waals surface area contributed by atoms with Crippen molar-refractivity contribution in [1.82, 2.24) is 10.2 Å². The van der Waals surface area contributed by atoms with Crippen LogP contribution in [0.3, 0.4) is 0 Å². The Morgan fingerprint density at radius 3 is 2.27 bits per heavy atom. The molecule has 2 amide bonds. The topological polar surface area (TPSA) is 96.0 Å². The van der Waals surface area contributed by atoms with Gasteiger partial charge in [-0.15, -0.1) is 0 Å². The molecule has 236 valence electrons. The lowest BCUT2D eigenvalue weighted by Gasteiger charge is -2.33. The molecule has 1 N–H and O–H groups in total. The second-order valence-corrected chi connectivity index (χ2v) is 13.5. The maximum Gasteiger partial charge on any atom is 0.243 e. The minimum Gasteiger partial charge on any atom is -0.492 e. The molecule has 3 aromatic rings. The Bertz CT molecular complexity index is 1480. The highest BCUT2D eigenvalue weighted by Gasteiger charge is 2.32. The standard InChI is InChI=1S/C34H42ClN3O5S/c1-3-43-32-17-10-9-16-30(32)38(44(2,41)42)23-11-18-33(39)37(25-27-19-21-28(35)22-20-27)31(24-26-12-5-4-6-13-26)34(40)36-29-14-7-8-15-29/h4-6,9-10,12-13,16-17,19-22,29,31H,3,7-8,11,14-15,18,23-25H2,1-2H3,(H,36,40). The molecule has 0 bridgehead atoms. The van der Waals surface area contributed by atoms with Crippen LogP contribution in [0.25, 0.3) is 0 Å². The third-order valence-corrected chi connectivity index (χ3v) is 9.26. The van der Waals surface area contributed by atoms with Crippen LogP contribution < -0.4 is 14.4 Å². The molecule has 1 atom stereocenters. The fourth-order valence-electron chi connectivity index (χ4n) is 5.63. The van der Waals surface area contributed by atoms with Crippen molar-refractivity contribution >= 4 is 39.1 Å². The maximum absolute atomic E-state index is 14.1. The van der Waals surface area contributed by atoms with Gasteiger partial charge >= 0.3 is 0 Å². The number of benzene rings is 3. The van der Waals surface area contributed by atoms with E-state index in [0.29, 0.717) is 29.5 Å². The average Bonchev–Trinajstić information content (AvgIpc) is 3.51. The molecule has 1 unspecified atom stereocenters. The van der Waals surface area contributed by atoms with E-state index in [1.54, 1.807) is 41.3 Å². The van der Waals surface area contributed by atoms with E-state index in [1.165, 1.54) is 4.31 Å². The Morgan fingerprint density at radius 1 is 0.955 bits per heavy atom. The van der Waals surface area contributed by atoms with E-state index in [4.69, 9.17) is 16.3 Å². The van der Waals surface area contributed by atoms with E-state index in [1.807, 2.05) is 49.4 Å². The number of rotatable bonds is 15. The molecule has 0 heterocycles. The van der Waals surface area contributed by atoms with Gasteiger partial charge in [0.1, 0.15) is 11.8 Å². The summed E-state index contributed by atoms with van der Waals surface area (Å²) >= 11 is 6.14. The quantitative estimate of drug-likeness (QED) is 0.221. The molecule has 1 fully saturated rings. The molecule has 3 aromatic carbocycles. The minimum atomic E-state index is -3.66. The number of nitrogens with zero attached hydrogens (tertiary/aromatic N) is 2. The van der Waals surface area contributed by atoms with Gasteiger partial charge in [0.25, 0.3) is 0 Å². The van der Waals surface area contributed by atoms with Crippen LogP contribution in [-0.2, 0) is 32.6 Å². The molecule has 1 aliphatic carbocycles. The lowest BCUT2D eigenvalue weighted by atomic mass is 10.0. The van der Waals surface area contributed by atoms with Crippen molar-refractivity contribution < 1.29 is 22.7 Å². The first kappa shape index (κ1) is 33.3. The summed E-state index contributed by atoms with van der Waals surface area (Å²) in [5.74, 6) is 0.0584. The van der Waals surface area contributed by atoms with Gasteiger partial charge in [-0.3, -0.25) is 13.9 Å². The summed E-state index contributed by atoms with van der Waals surface area (Å²) in [6.07, 6.45) is 5.82. The number of amides is 2. The molecule has 44 heavy (non-hydrogen) atoms. The number of hydrogen-bond donors (Lipinski definition) is 1. The number of ether oxygens (including phenoxy) is 1. The van der Waals surface area contributed by atoms with Crippen molar-refractivity contribution in [3.63, 3.8) is 0 Å². The van der Waals surface area contributed by atoms with Crippen molar-refractivity contribution in [2.75, 3.05) is 23.7 Å². The molecule has 10 heteroatoms. The van der Waals surface area contributed by atoms with Crippen LogP contribution in [0.1, 0.15) is 56.6 Å². The van der Waals surface area contributed by atoms with Crippen LogP contribution in [0.4, 0.5) is 5.69 Å². The molecule has 0 radical (unpaired) electrons. The summed E-state index contributed by atoms with van der Waals surface area (Å²) in [7, 11) is -3.66. The van der Waals surface area contributed by atoms with E-state index in [-0.39, 0.29) is 43.8 Å². The van der Waals surface area contributed by atoms with Crippen LogP contribution in [0.15, 0.2) is 78.9 Å². The van der Waals surface area contributed by atoms with Gasteiger partial charge in [0, 0.05) is 37.0 Å². The Morgan fingerprint density at radius 2 is 1.61 bits per heavy atom. The summed E-state index contributed by atoms with van der Waals surface area (Å²) in [5.41, 5.74) is 2.22. The highest BCUT2D eigenvalue weighted by molar-refractivity contribution is 7.92. The molecule has 0 aromatic heterocycles. The number of carbonyl (C=O) groups is 2. The van der Waals surface area contributed by atoms with Gasteiger partial charge in [0.05, 0.1) is 18.6 Å². The molecule has 0 aliphatic heterocycles. The fraction of sp³-hybridized carbons (Fsp3) is 0.412. The molecular weight excluding hydrogens is 598 g/mol. The van der Waals surface area contributed by atoms with Crippen LogP contribution >= 0.6 is 11.6 Å². The number of para-hydroxylation sites is 2. The summed E-state index contributed by atoms with van der Waals surface area (Å²) < 4.78 is 32.7. The number of nitrogens with one attached hydrogen (secondary N) is 1. The van der Waals surface area contributed by atoms with Crippen LogP contribution in [0.5, 0.6) is 5.75 Å². The first-order valence-electron chi connectivity index (χ1n) is 15.2. The third kappa shape index (κ3) is 9.47. The van der Waals surface area contributed by atoms with Crippen LogP contribution in [0.2, 0.25) is 5.02 Å². The second kappa shape index (κ2) is 16.0. The van der Waals surface area contributed by atoms with Crippen molar-refractivity contribution in [2.45, 2.75) is 70.5 Å². The smallest absolute Gasteiger partial charge is 0.243 e. The molecular formula is C34H42ClN3O5S. The Kier molecular flexibility index (Phi) is 12.1. The number of halogens is 1. The van der Waals surface area contributed by atoms with Crippen molar-refractivity contribution in [1.29, 1.82) is 0 Å². The van der Waals surface area contributed by atoms with Crippen LogP contribution in [-0.4, -0.2) is 56.6 Å². The van der Waals surface area contributed by atoms with E-state index >= 15 is 0 Å². The minimum absolute atomic E-state index is 0.0540. The molecule has 1 aliphatic rings. The number of hydrogen-bond acceptors (Lipinski definition) is 5. The number of anilines is 1. The molecule has 1 saturated carbocycles. The highest BCUT2D eigenvalue weighted by atomic mass is 35.5. The van der Waals surface area contributed by atoms with Gasteiger partial charge in [-0.25, -0.2) is 8.42 Å². The molecule has 4 rings (SSSR count). The predicted molar refractivity (Wildman–Crippen MR) is 175 cm³/mol. The van der Waals surface area contributed by atoms with Crippen LogP contribution in [0, 0.1) is 0 Å². The summed E-state index contributed by atoms with van der Waals surface area (Å²) in [4.78, 5) is 29.6. The Hall–Kier alpha value is -3.56. The molecule has 0 saturated heterocycles. The number of carbonyl (C=O) groups excluding carboxylic acids is 2. The summed E-state index contributed by atoms with van der Waals surface area (Å²) in [5, 5.41) is 3.79. The van der Waals surface area contributed by atoms with Gasteiger partial charge in [-0.05, 0) is 61.6 Å². The highest BCUT2D eigenvalue weighted by Crippen LogP contribution is 2.30. The monoisotopic (exact) mass is 639 g/mol. The lowest BCUT2D eigenvalue weighted by Crippen LogP contribution is -2.52. The van der Waals surface area contributed by atoms with E-state index < -0.39 is 16.1 Å². The molecule has 0 spiro atoms. The maximum atomic E-state index is 14.1. The van der Waals surface area contributed by atoms with Crippen molar-refractivity contribution in [2.24, 2.45) is 0 Å². The van der Waals surface area contributed by atoms with E-state index in [0.717, 1.165) is 43.1 Å². The van der Waals surface area contributed by atoms with E-state index in [2.05, 4.69) is 5.32 Å².